The van der Waals surface area contributed by atoms with E-state index in [4.69, 9.17) is 0 Å². The highest BCUT2D eigenvalue weighted by molar-refractivity contribution is 5.39. The second-order valence-electron chi connectivity index (χ2n) is 3.79. The van der Waals surface area contributed by atoms with Crippen LogP contribution in [0.25, 0.3) is 0 Å². The molecule has 1 fully saturated rings. The Bertz CT molecular complexity index is 308. The van der Waals surface area contributed by atoms with Gasteiger partial charge in [-0.15, -0.1) is 6.58 Å². The van der Waals surface area contributed by atoms with Gasteiger partial charge in [-0.1, -0.05) is 37.3 Å². The van der Waals surface area contributed by atoms with Crippen LogP contribution < -0.4 is 0 Å². The lowest BCUT2D eigenvalue weighted by Gasteiger charge is -2.07. The van der Waals surface area contributed by atoms with Gasteiger partial charge in [0.2, 0.25) is 0 Å². The molecule has 1 aliphatic rings. The first-order valence-corrected chi connectivity index (χ1v) is 4.87. The quantitative estimate of drug-likeness (QED) is 0.650. The van der Waals surface area contributed by atoms with Crippen LogP contribution in [0.4, 0.5) is 0 Å². The van der Waals surface area contributed by atoms with Crippen molar-refractivity contribution in [3.05, 3.63) is 54.0 Å². The van der Waals surface area contributed by atoms with E-state index in [9.17, 15) is 0 Å². The molecule has 0 spiro atoms. The summed E-state index contributed by atoms with van der Waals surface area (Å²) < 4.78 is 0. The molecule has 0 saturated heterocycles. The molecular formula is C13H15. The molecule has 0 bridgehead atoms. The molecule has 67 valence electrons. The van der Waals surface area contributed by atoms with Crippen LogP contribution in [0.5, 0.6) is 0 Å². The summed E-state index contributed by atoms with van der Waals surface area (Å²) in [5.41, 5.74) is 2.82. The topological polar surface area (TPSA) is 0 Å². The maximum absolute atomic E-state index is 3.79. The molecule has 1 saturated carbocycles. The molecule has 0 aliphatic heterocycles. The summed E-state index contributed by atoms with van der Waals surface area (Å²) in [4.78, 5) is 0. The van der Waals surface area contributed by atoms with Crippen molar-refractivity contribution in [2.45, 2.75) is 25.7 Å². The van der Waals surface area contributed by atoms with Crippen molar-refractivity contribution in [2.24, 2.45) is 0 Å². The van der Waals surface area contributed by atoms with Gasteiger partial charge >= 0.3 is 0 Å². The van der Waals surface area contributed by atoms with Gasteiger partial charge in [-0.25, -0.2) is 0 Å². The van der Waals surface area contributed by atoms with E-state index >= 15 is 0 Å². The van der Waals surface area contributed by atoms with Crippen molar-refractivity contribution in [1.82, 2.24) is 0 Å². The molecule has 1 aromatic rings. The first-order valence-electron chi connectivity index (χ1n) is 4.87. The lowest BCUT2D eigenvalue weighted by molar-refractivity contribution is 1.11. The van der Waals surface area contributed by atoms with Crippen LogP contribution in [-0.4, -0.2) is 0 Å². The largest absolute Gasteiger partial charge is 0.102 e. The Hall–Kier alpha value is -1.04. The van der Waals surface area contributed by atoms with Crippen LogP contribution in [0.15, 0.2) is 36.9 Å². The van der Waals surface area contributed by atoms with Gasteiger partial charge in [-0.2, -0.15) is 0 Å². The van der Waals surface area contributed by atoms with Crippen molar-refractivity contribution in [3.8, 4) is 0 Å². The van der Waals surface area contributed by atoms with E-state index in [2.05, 4.69) is 37.8 Å². The summed E-state index contributed by atoms with van der Waals surface area (Å²) in [5, 5.41) is 0. The highest BCUT2D eigenvalue weighted by Gasteiger charge is 2.23. The van der Waals surface area contributed by atoms with E-state index in [1.165, 1.54) is 29.9 Å². The zero-order valence-corrected chi connectivity index (χ0v) is 8.09. The smallest absolute Gasteiger partial charge is 0.0230 e. The van der Waals surface area contributed by atoms with Gasteiger partial charge in [-0.05, 0) is 29.9 Å². The van der Waals surface area contributed by atoms with Crippen molar-refractivity contribution >= 4 is 0 Å². The SMILES string of the molecule is C=C[C](C)c1cccc(C2CC2)c1. The van der Waals surface area contributed by atoms with Crippen LogP contribution in [-0.2, 0) is 0 Å². The molecule has 0 nitrogen and oxygen atoms in total. The van der Waals surface area contributed by atoms with Crippen molar-refractivity contribution in [2.75, 3.05) is 0 Å². The van der Waals surface area contributed by atoms with Crippen LogP contribution in [0.2, 0.25) is 0 Å². The van der Waals surface area contributed by atoms with Crippen molar-refractivity contribution in [1.29, 1.82) is 0 Å². The second-order valence-corrected chi connectivity index (χ2v) is 3.79. The number of hydrogen-bond acceptors (Lipinski definition) is 0. The van der Waals surface area contributed by atoms with Gasteiger partial charge in [0.25, 0.3) is 0 Å². The minimum absolute atomic E-state index is 0.845. The Kier molecular flexibility index (Phi) is 2.22. The van der Waals surface area contributed by atoms with Gasteiger partial charge in [0.1, 0.15) is 0 Å². The van der Waals surface area contributed by atoms with Crippen LogP contribution in [0, 0.1) is 5.92 Å². The fraction of sp³-hybridized carbons (Fsp3) is 0.308. The zero-order valence-electron chi connectivity index (χ0n) is 8.09. The molecular weight excluding hydrogens is 156 g/mol. The Morgan fingerprint density at radius 2 is 2.23 bits per heavy atom. The fourth-order valence-electron chi connectivity index (χ4n) is 1.57. The molecule has 0 unspecified atom stereocenters. The predicted octanol–water partition coefficient (Wildman–Crippen LogP) is 3.69. The summed E-state index contributed by atoms with van der Waals surface area (Å²) in [7, 11) is 0. The molecule has 1 radical (unpaired) electrons. The van der Waals surface area contributed by atoms with Gasteiger partial charge < -0.3 is 0 Å². The molecule has 0 heteroatoms. The molecule has 1 aliphatic carbocycles. The Morgan fingerprint density at radius 3 is 2.85 bits per heavy atom. The third-order valence-corrected chi connectivity index (χ3v) is 2.70. The number of hydrogen-bond donors (Lipinski definition) is 0. The maximum atomic E-state index is 3.79. The molecule has 0 heterocycles. The number of benzene rings is 1. The van der Waals surface area contributed by atoms with Crippen molar-refractivity contribution < 1.29 is 0 Å². The summed E-state index contributed by atoms with van der Waals surface area (Å²) >= 11 is 0. The average molecular weight is 171 g/mol. The first kappa shape index (κ1) is 8.55. The van der Waals surface area contributed by atoms with Gasteiger partial charge in [-0.3, -0.25) is 0 Å². The molecule has 2 rings (SSSR count). The monoisotopic (exact) mass is 171 g/mol. The molecule has 0 aromatic heterocycles. The molecule has 0 atom stereocenters. The van der Waals surface area contributed by atoms with Gasteiger partial charge in [0.15, 0.2) is 0 Å². The summed E-state index contributed by atoms with van der Waals surface area (Å²) in [5.74, 6) is 2.11. The highest BCUT2D eigenvalue weighted by Crippen LogP contribution is 2.40. The predicted molar refractivity (Wildman–Crippen MR) is 56.6 cm³/mol. The zero-order chi connectivity index (χ0) is 9.26. The van der Waals surface area contributed by atoms with Gasteiger partial charge in [0, 0.05) is 5.92 Å². The Labute approximate surface area is 80.3 Å². The molecule has 0 N–H and O–H groups in total. The third-order valence-electron chi connectivity index (χ3n) is 2.70. The first-order chi connectivity index (χ1) is 6.31. The van der Waals surface area contributed by atoms with E-state index < -0.39 is 0 Å². The van der Waals surface area contributed by atoms with Gasteiger partial charge in [0.05, 0.1) is 0 Å². The van der Waals surface area contributed by atoms with E-state index in [1.54, 1.807) is 0 Å². The summed E-state index contributed by atoms with van der Waals surface area (Å²) in [6.45, 7) is 5.90. The normalized spacial score (nSPS) is 16.2. The lowest BCUT2D eigenvalue weighted by atomic mass is 9.98. The van der Waals surface area contributed by atoms with Crippen LogP contribution >= 0.6 is 0 Å². The van der Waals surface area contributed by atoms with E-state index in [0.29, 0.717) is 0 Å². The van der Waals surface area contributed by atoms with Crippen molar-refractivity contribution in [3.63, 3.8) is 0 Å². The number of rotatable bonds is 3. The fourth-order valence-corrected chi connectivity index (χ4v) is 1.57. The Morgan fingerprint density at radius 1 is 1.46 bits per heavy atom. The van der Waals surface area contributed by atoms with Crippen LogP contribution in [0.1, 0.15) is 36.8 Å². The van der Waals surface area contributed by atoms with E-state index in [0.717, 1.165) is 5.92 Å². The Balaban J connectivity index is 2.25. The molecule has 1 aromatic carbocycles. The lowest BCUT2D eigenvalue weighted by Crippen LogP contribution is -1.90. The minimum Gasteiger partial charge on any atom is -0.102 e. The molecule has 13 heavy (non-hydrogen) atoms. The summed E-state index contributed by atoms with van der Waals surface area (Å²) in [6.07, 6.45) is 4.67. The number of allylic oxidation sites excluding steroid dienone is 1. The second kappa shape index (κ2) is 3.37. The minimum atomic E-state index is 0.845. The average Bonchev–Trinajstić information content (AvgIpc) is 3.00. The third kappa shape index (κ3) is 1.82. The van der Waals surface area contributed by atoms with E-state index in [1.807, 2.05) is 6.08 Å². The maximum Gasteiger partial charge on any atom is 0.0230 e. The molecule has 0 amide bonds. The van der Waals surface area contributed by atoms with E-state index in [-0.39, 0.29) is 0 Å². The summed E-state index contributed by atoms with van der Waals surface area (Å²) in [6, 6.07) is 8.84. The standard InChI is InChI=1S/C13H15/c1-3-10(2)12-5-4-6-13(9-12)11-7-8-11/h3-6,9,11H,1,7-8H2,2H3. The highest BCUT2D eigenvalue weighted by atomic mass is 14.3. The van der Waals surface area contributed by atoms with Crippen LogP contribution in [0.3, 0.4) is 0 Å².